The van der Waals surface area contributed by atoms with Crippen molar-refractivity contribution in [3.63, 3.8) is 0 Å². The Kier molecular flexibility index (Phi) is 3.93. The number of nitrogens with zero attached hydrogens (tertiary/aromatic N) is 2. The van der Waals surface area contributed by atoms with Crippen LogP contribution >= 0.6 is 11.6 Å². The molecule has 6 heteroatoms. The molecule has 4 rings (SSSR count). The number of carbonyl (C=O) groups excluding carboxylic acids is 1. The van der Waals surface area contributed by atoms with Crippen molar-refractivity contribution in [3.05, 3.63) is 64.7 Å². The zero-order valence-electron chi connectivity index (χ0n) is 13.5. The van der Waals surface area contributed by atoms with Gasteiger partial charge in [0.2, 0.25) is 5.88 Å². The summed E-state index contributed by atoms with van der Waals surface area (Å²) in [6, 6.07) is 15.1. The molecule has 126 valence electrons. The molecule has 0 spiro atoms. The van der Waals surface area contributed by atoms with Crippen molar-refractivity contribution in [2.45, 2.75) is 13.1 Å². The van der Waals surface area contributed by atoms with Crippen LogP contribution in [-0.4, -0.2) is 23.1 Å². The number of carbonyl (C=O) groups is 1. The minimum absolute atomic E-state index is 0.359. The maximum Gasteiger partial charge on any atom is 0.417 e. The SMILES string of the molecule is COc1ccc2cc3c(nc2c1)OC(=O)N(Cc1ccc(Cl)cc1)C3. The van der Waals surface area contributed by atoms with Crippen molar-refractivity contribution in [1.82, 2.24) is 9.88 Å². The van der Waals surface area contributed by atoms with Gasteiger partial charge in [-0.15, -0.1) is 0 Å². The molecule has 0 saturated heterocycles. The highest BCUT2D eigenvalue weighted by molar-refractivity contribution is 6.30. The standard InChI is InChI=1S/C19H15ClN2O3/c1-24-16-7-4-13-8-14-11-22(10-12-2-5-15(20)6-3-12)19(23)25-18(14)21-17(13)9-16/h2-9H,10-11H2,1H3. The molecule has 1 aliphatic heterocycles. The molecule has 1 aliphatic rings. The average Bonchev–Trinajstić information content (AvgIpc) is 2.62. The fourth-order valence-electron chi connectivity index (χ4n) is 2.85. The smallest absolute Gasteiger partial charge is 0.417 e. The van der Waals surface area contributed by atoms with Crippen molar-refractivity contribution in [2.75, 3.05) is 7.11 Å². The van der Waals surface area contributed by atoms with Gasteiger partial charge >= 0.3 is 6.09 Å². The Morgan fingerprint density at radius 3 is 2.76 bits per heavy atom. The van der Waals surface area contributed by atoms with Gasteiger partial charge in [0.15, 0.2) is 0 Å². The van der Waals surface area contributed by atoms with E-state index < -0.39 is 6.09 Å². The van der Waals surface area contributed by atoms with Gasteiger partial charge in [0.25, 0.3) is 0 Å². The Morgan fingerprint density at radius 2 is 2.00 bits per heavy atom. The van der Waals surface area contributed by atoms with E-state index in [-0.39, 0.29) is 0 Å². The molecule has 0 atom stereocenters. The van der Waals surface area contributed by atoms with E-state index in [0.29, 0.717) is 29.7 Å². The molecule has 3 aromatic rings. The van der Waals surface area contributed by atoms with Gasteiger partial charge in [-0.05, 0) is 35.9 Å². The number of aromatic nitrogens is 1. The van der Waals surface area contributed by atoms with Crippen LogP contribution in [0.4, 0.5) is 4.79 Å². The Hall–Kier alpha value is -2.79. The maximum atomic E-state index is 12.3. The zero-order valence-corrected chi connectivity index (χ0v) is 14.3. The quantitative estimate of drug-likeness (QED) is 0.699. The van der Waals surface area contributed by atoms with E-state index >= 15 is 0 Å². The normalized spacial score (nSPS) is 13.5. The van der Waals surface area contributed by atoms with Crippen LogP contribution in [0.5, 0.6) is 11.6 Å². The van der Waals surface area contributed by atoms with Crippen molar-refractivity contribution >= 4 is 28.6 Å². The third-order valence-electron chi connectivity index (χ3n) is 4.15. The number of hydrogen-bond acceptors (Lipinski definition) is 4. The molecule has 2 aromatic carbocycles. The third-order valence-corrected chi connectivity index (χ3v) is 4.41. The van der Waals surface area contributed by atoms with E-state index in [1.54, 1.807) is 12.0 Å². The van der Waals surface area contributed by atoms with Gasteiger partial charge in [-0.2, -0.15) is 0 Å². The monoisotopic (exact) mass is 354 g/mol. The number of benzene rings is 2. The van der Waals surface area contributed by atoms with Gasteiger partial charge in [-0.25, -0.2) is 9.78 Å². The highest BCUT2D eigenvalue weighted by Gasteiger charge is 2.26. The van der Waals surface area contributed by atoms with Crippen molar-refractivity contribution in [2.24, 2.45) is 0 Å². The third kappa shape index (κ3) is 3.10. The molecular formula is C19H15ClN2O3. The van der Waals surface area contributed by atoms with E-state index in [1.807, 2.05) is 48.5 Å². The molecule has 0 unspecified atom stereocenters. The molecule has 0 fully saturated rings. The lowest BCUT2D eigenvalue weighted by molar-refractivity contribution is 0.133. The lowest BCUT2D eigenvalue weighted by Gasteiger charge is -2.27. The van der Waals surface area contributed by atoms with Gasteiger partial charge in [-0.3, -0.25) is 4.90 Å². The molecule has 1 amide bonds. The van der Waals surface area contributed by atoms with Crippen LogP contribution in [0.1, 0.15) is 11.1 Å². The number of fused-ring (bicyclic) bond motifs is 2. The molecule has 2 heterocycles. The fraction of sp³-hybridized carbons (Fsp3) is 0.158. The first kappa shape index (κ1) is 15.7. The Labute approximate surface area is 149 Å². The van der Waals surface area contributed by atoms with Crippen LogP contribution < -0.4 is 9.47 Å². The minimum Gasteiger partial charge on any atom is -0.497 e. The van der Waals surface area contributed by atoms with Crippen molar-refractivity contribution in [3.8, 4) is 11.6 Å². The minimum atomic E-state index is -0.405. The number of amides is 1. The van der Waals surface area contributed by atoms with Crippen molar-refractivity contribution < 1.29 is 14.3 Å². The van der Waals surface area contributed by atoms with Gasteiger partial charge in [0.05, 0.1) is 19.2 Å². The summed E-state index contributed by atoms with van der Waals surface area (Å²) in [4.78, 5) is 18.4. The summed E-state index contributed by atoms with van der Waals surface area (Å²) >= 11 is 5.90. The molecule has 0 aliphatic carbocycles. The van der Waals surface area contributed by atoms with Gasteiger partial charge in [0.1, 0.15) is 5.75 Å². The highest BCUT2D eigenvalue weighted by atomic mass is 35.5. The number of ether oxygens (including phenoxy) is 2. The summed E-state index contributed by atoms with van der Waals surface area (Å²) in [7, 11) is 1.61. The number of rotatable bonds is 3. The lowest BCUT2D eigenvalue weighted by Crippen LogP contribution is -2.36. The second kappa shape index (κ2) is 6.26. The molecule has 0 N–H and O–H groups in total. The van der Waals surface area contributed by atoms with E-state index in [4.69, 9.17) is 21.1 Å². The molecular weight excluding hydrogens is 340 g/mol. The number of methoxy groups -OCH3 is 1. The fourth-order valence-corrected chi connectivity index (χ4v) is 2.98. The van der Waals surface area contributed by atoms with Gasteiger partial charge in [0, 0.05) is 28.6 Å². The summed E-state index contributed by atoms with van der Waals surface area (Å²) in [6.45, 7) is 0.905. The summed E-state index contributed by atoms with van der Waals surface area (Å²) < 4.78 is 10.6. The molecule has 0 bridgehead atoms. The average molecular weight is 355 g/mol. The largest absolute Gasteiger partial charge is 0.497 e. The maximum absolute atomic E-state index is 12.3. The number of hydrogen-bond donors (Lipinski definition) is 0. The van der Waals surface area contributed by atoms with E-state index in [1.165, 1.54) is 0 Å². The van der Waals surface area contributed by atoms with Crippen LogP contribution in [0, 0.1) is 0 Å². The Balaban J connectivity index is 1.63. The number of halogens is 1. The van der Waals surface area contributed by atoms with Crippen LogP contribution in [0.25, 0.3) is 10.9 Å². The molecule has 0 radical (unpaired) electrons. The Bertz CT molecular complexity index is 957. The Morgan fingerprint density at radius 1 is 1.20 bits per heavy atom. The number of pyridine rings is 1. The predicted octanol–water partition coefficient (Wildman–Crippen LogP) is 4.41. The van der Waals surface area contributed by atoms with E-state index in [2.05, 4.69) is 4.98 Å². The summed E-state index contributed by atoms with van der Waals surface area (Å²) in [5.41, 5.74) is 2.60. The van der Waals surface area contributed by atoms with E-state index in [0.717, 1.165) is 22.0 Å². The second-order valence-electron chi connectivity index (χ2n) is 5.86. The first-order valence-corrected chi connectivity index (χ1v) is 8.19. The molecule has 0 saturated carbocycles. The summed E-state index contributed by atoms with van der Waals surface area (Å²) in [5, 5.41) is 1.64. The van der Waals surface area contributed by atoms with E-state index in [9.17, 15) is 4.79 Å². The predicted molar refractivity (Wildman–Crippen MR) is 95.0 cm³/mol. The van der Waals surface area contributed by atoms with Gasteiger partial charge in [-0.1, -0.05) is 23.7 Å². The molecule has 25 heavy (non-hydrogen) atoms. The van der Waals surface area contributed by atoms with Gasteiger partial charge < -0.3 is 9.47 Å². The first-order valence-electron chi connectivity index (χ1n) is 7.81. The zero-order chi connectivity index (χ0) is 17.4. The van der Waals surface area contributed by atoms with Crippen LogP contribution in [-0.2, 0) is 13.1 Å². The second-order valence-corrected chi connectivity index (χ2v) is 6.30. The highest BCUT2D eigenvalue weighted by Crippen LogP contribution is 2.30. The lowest BCUT2D eigenvalue weighted by atomic mass is 10.1. The van der Waals surface area contributed by atoms with Crippen molar-refractivity contribution in [1.29, 1.82) is 0 Å². The van der Waals surface area contributed by atoms with Crippen LogP contribution in [0.3, 0.4) is 0 Å². The summed E-state index contributed by atoms with van der Waals surface area (Å²) in [6.07, 6.45) is -0.405. The molecule has 5 nitrogen and oxygen atoms in total. The summed E-state index contributed by atoms with van der Waals surface area (Å²) in [5.74, 6) is 1.07. The molecule has 1 aromatic heterocycles. The topological polar surface area (TPSA) is 51.7 Å². The van der Waals surface area contributed by atoms with Crippen LogP contribution in [0.15, 0.2) is 48.5 Å². The first-order chi connectivity index (χ1) is 12.1. The van der Waals surface area contributed by atoms with Crippen LogP contribution in [0.2, 0.25) is 5.02 Å².